The lowest BCUT2D eigenvalue weighted by Crippen LogP contribution is -2.28. The van der Waals surface area contributed by atoms with E-state index in [2.05, 4.69) is 5.48 Å². The Morgan fingerprint density at radius 3 is 2.31 bits per heavy atom. The Balaban J connectivity index is 2.29. The van der Waals surface area contributed by atoms with Crippen LogP contribution < -0.4 is 5.48 Å². The second kappa shape index (κ2) is 5.03. The first-order chi connectivity index (χ1) is 6.08. The highest BCUT2D eigenvalue weighted by Crippen LogP contribution is 2.21. The number of hydroxylamine groups is 1. The van der Waals surface area contributed by atoms with Crippen LogP contribution in [0.3, 0.4) is 0 Å². The second-order valence-electron chi connectivity index (χ2n) is 2.37. The maximum Gasteiger partial charge on any atom is 0.266 e. The van der Waals surface area contributed by atoms with Gasteiger partial charge in [-0.2, -0.15) is 5.48 Å². The summed E-state index contributed by atoms with van der Waals surface area (Å²) in [5, 5.41) is 0. The Bertz CT molecular complexity index is 247. The van der Waals surface area contributed by atoms with Gasteiger partial charge in [-0.3, -0.25) is 4.84 Å². The third-order valence-electron chi connectivity index (χ3n) is 1.27. The lowest BCUT2D eigenvalue weighted by atomic mass is 10.2. The van der Waals surface area contributed by atoms with Crippen LogP contribution in [0.15, 0.2) is 30.3 Å². The number of hydrogen-bond donors (Lipinski definition) is 1. The van der Waals surface area contributed by atoms with Crippen molar-refractivity contribution in [1.82, 2.24) is 5.48 Å². The highest BCUT2D eigenvalue weighted by Gasteiger charge is 2.18. The van der Waals surface area contributed by atoms with Crippen LogP contribution in [0, 0.1) is 0 Å². The van der Waals surface area contributed by atoms with Crippen LogP contribution in [-0.4, -0.2) is 3.92 Å². The van der Waals surface area contributed by atoms with Gasteiger partial charge in [-0.15, -0.1) is 0 Å². The number of hydrogen-bond acceptors (Lipinski definition) is 2. The summed E-state index contributed by atoms with van der Waals surface area (Å²) in [6.45, 7) is 0.356. The van der Waals surface area contributed by atoms with Crippen molar-refractivity contribution in [2.45, 2.75) is 10.5 Å². The molecule has 0 aliphatic carbocycles. The molecule has 0 bridgehead atoms. The SMILES string of the molecule is ClC(Cl)(Cl)NOCc1ccccc1. The van der Waals surface area contributed by atoms with Gasteiger partial charge in [-0.25, -0.2) is 0 Å². The van der Waals surface area contributed by atoms with E-state index in [-0.39, 0.29) is 0 Å². The van der Waals surface area contributed by atoms with E-state index >= 15 is 0 Å². The Morgan fingerprint density at radius 1 is 1.15 bits per heavy atom. The zero-order valence-corrected chi connectivity index (χ0v) is 8.90. The van der Waals surface area contributed by atoms with Crippen molar-refractivity contribution < 1.29 is 4.84 Å². The molecule has 0 aromatic heterocycles. The first kappa shape index (κ1) is 11.1. The van der Waals surface area contributed by atoms with Crippen molar-refractivity contribution in [2.75, 3.05) is 0 Å². The summed E-state index contributed by atoms with van der Waals surface area (Å²) in [4.78, 5) is 4.94. The lowest BCUT2D eigenvalue weighted by Gasteiger charge is -2.12. The molecule has 1 rings (SSSR count). The molecule has 2 nitrogen and oxygen atoms in total. The average Bonchev–Trinajstić information content (AvgIpc) is 2.04. The molecule has 0 aliphatic rings. The molecule has 13 heavy (non-hydrogen) atoms. The number of benzene rings is 1. The van der Waals surface area contributed by atoms with Crippen molar-refractivity contribution in [2.24, 2.45) is 0 Å². The molecule has 0 aliphatic heterocycles. The van der Waals surface area contributed by atoms with Crippen molar-refractivity contribution in [1.29, 1.82) is 0 Å². The zero-order chi connectivity index (χ0) is 9.73. The van der Waals surface area contributed by atoms with E-state index in [4.69, 9.17) is 39.6 Å². The van der Waals surface area contributed by atoms with Crippen LogP contribution in [0.25, 0.3) is 0 Å². The average molecular weight is 241 g/mol. The van der Waals surface area contributed by atoms with Gasteiger partial charge >= 0.3 is 0 Å². The first-order valence-corrected chi connectivity index (χ1v) is 4.71. The fourth-order valence-corrected chi connectivity index (χ4v) is 0.939. The van der Waals surface area contributed by atoms with E-state index in [9.17, 15) is 0 Å². The number of alkyl halides is 3. The minimum Gasteiger partial charge on any atom is -0.293 e. The molecule has 0 radical (unpaired) electrons. The molecule has 0 spiro atoms. The van der Waals surface area contributed by atoms with Gasteiger partial charge in [-0.1, -0.05) is 65.1 Å². The Morgan fingerprint density at radius 2 is 1.77 bits per heavy atom. The third-order valence-corrected chi connectivity index (χ3v) is 1.50. The Hall–Kier alpha value is 0.01000. The monoisotopic (exact) mass is 239 g/mol. The summed E-state index contributed by atoms with van der Waals surface area (Å²) in [6.07, 6.45) is 0. The molecule has 0 amide bonds. The summed E-state index contributed by atoms with van der Waals surface area (Å²) in [5.41, 5.74) is 3.27. The topological polar surface area (TPSA) is 21.3 Å². The maximum atomic E-state index is 5.39. The van der Waals surface area contributed by atoms with E-state index in [0.717, 1.165) is 5.56 Å². The Kier molecular flexibility index (Phi) is 4.29. The molecule has 0 fully saturated rings. The Labute approximate surface area is 91.7 Å². The highest BCUT2D eigenvalue weighted by atomic mass is 35.6. The fraction of sp³-hybridized carbons (Fsp3) is 0.250. The van der Waals surface area contributed by atoms with Crippen LogP contribution >= 0.6 is 34.8 Å². The summed E-state index contributed by atoms with van der Waals surface area (Å²) in [7, 11) is 0. The van der Waals surface area contributed by atoms with Gasteiger partial charge in [0, 0.05) is 0 Å². The molecule has 1 aromatic carbocycles. The van der Waals surface area contributed by atoms with Gasteiger partial charge in [0.15, 0.2) is 0 Å². The van der Waals surface area contributed by atoms with Crippen LogP contribution in [0.4, 0.5) is 0 Å². The smallest absolute Gasteiger partial charge is 0.266 e. The van der Waals surface area contributed by atoms with E-state index in [1.165, 1.54) is 0 Å². The van der Waals surface area contributed by atoms with Gasteiger partial charge in [0.25, 0.3) is 3.92 Å². The van der Waals surface area contributed by atoms with E-state index < -0.39 is 3.92 Å². The van der Waals surface area contributed by atoms with Gasteiger partial charge in [-0.05, 0) is 5.56 Å². The van der Waals surface area contributed by atoms with Crippen molar-refractivity contribution >= 4 is 34.8 Å². The van der Waals surface area contributed by atoms with Gasteiger partial charge in [0.1, 0.15) is 0 Å². The van der Waals surface area contributed by atoms with Gasteiger partial charge in [0.2, 0.25) is 0 Å². The minimum absolute atomic E-state index is 0.356. The number of nitrogens with one attached hydrogen (secondary N) is 1. The predicted molar refractivity (Wildman–Crippen MR) is 54.7 cm³/mol. The van der Waals surface area contributed by atoms with Crippen LogP contribution in [0.2, 0.25) is 0 Å². The number of halogens is 3. The predicted octanol–water partition coefficient (Wildman–Crippen LogP) is 3.04. The quantitative estimate of drug-likeness (QED) is 0.498. The second-order valence-corrected chi connectivity index (χ2v) is 4.66. The molecule has 0 unspecified atom stereocenters. The molecule has 5 heteroatoms. The highest BCUT2D eigenvalue weighted by molar-refractivity contribution is 6.67. The summed E-state index contributed by atoms with van der Waals surface area (Å²) in [6, 6.07) is 9.58. The molecule has 1 N–H and O–H groups in total. The fourth-order valence-electron chi connectivity index (χ4n) is 0.775. The molecule has 0 heterocycles. The lowest BCUT2D eigenvalue weighted by molar-refractivity contribution is 0.0260. The molecule has 72 valence electrons. The standard InChI is InChI=1S/C8H8Cl3NO/c9-8(10,11)12-13-6-7-4-2-1-3-5-7/h1-5,12H,6H2. The molecule has 0 saturated carbocycles. The molecular formula is C8H8Cl3NO. The first-order valence-electron chi connectivity index (χ1n) is 3.57. The van der Waals surface area contributed by atoms with Crippen molar-refractivity contribution in [3.8, 4) is 0 Å². The van der Waals surface area contributed by atoms with Crippen LogP contribution in [-0.2, 0) is 11.4 Å². The molecule has 1 aromatic rings. The van der Waals surface area contributed by atoms with Crippen LogP contribution in [0.1, 0.15) is 5.56 Å². The van der Waals surface area contributed by atoms with Gasteiger partial charge < -0.3 is 0 Å². The van der Waals surface area contributed by atoms with E-state index in [1.807, 2.05) is 30.3 Å². The van der Waals surface area contributed by atoms with Crippen molar-refractivity contribution in [3.05, 3.63) is 35.9 Å². The number of rotatable bonds is 3. The summed E-state index contributed by atoms with van der Waals surface area (Å²) in [5.74, 6) is 0. The maximum absolute atomic E-state index is 5.39. The van der Waals surface area contributed by atoms with Crippen molar-refractivity contribution in [3.63, 3.8) is 0 Å². The normalized spacial score (nSPS) is 11.6. The zero-order valence-electron chi connectivity index (χ0n) is 6.64. The van der Waals surface area contributed by atoms with Crippen LogP contribution in [0.5, 0.6) is 0 Å². The molecule has 0 atom stereocenters. The summed E-state index contributed by atoms with van der Waals surface area (Å²) >= 11 is 16.2. The summed E-state index contributed by atoms with van der Waals surface area (Å²) < 4.78 is -1.57. The molecule has 0 saturated heterocycles. The van der Waals surface area contributed by atoms with E-state index in [1.54, 1.807) is 0 Å². The third kappa shape index (κ3) is 5.34. The minimum atomic E-state index is -1.57. The van der Waals surface area contributed by atoms with E-state index in [0.29, 0.717) is 6.61 Å². The largest absolute Gasteiger partial charge is 0.293 e. The molecular weight excluding hydrogens is 232 g/mol. The van der Waals surface area contributed by atoms with Gasteiger partial charge in [0.05, 0.1) is 6.61 Å².